The zero-order valence-electron chi connectivity index (χ0n) is 12.1. The van der Waals surface area contributed by atoms with Gasteiger partial charge in [-0.1, -0.05) is 61.3 Å². The first-order valence-corrected chi connectivity index (χ1v) is 6.85. The van der Waals surface area contributed by atoms with E-state index in [4.69, 9.17) is 0 Å². The first kappa shape index (κ1) is 15.0. The van der Waals surface area contributed by atoms with E-state index in [1.807, 2.05) is 0 Å². The summed E-state index contributed by atoms with van der Waals surface area (Å²) in [4.78, 5) is 0. The molecule has 0 N–H and O–H groups in total. The summed E-state index contributed by atoms with van der Waals surface area (Å²) >= 11 is 0. The lowest BCUT2D eigenvalue weighted by atomic mass is 9.67. The van der Waals surface area contributed by atoms with Gasteiger partial charge in [-0.3, -0.25) is 0 Å². The molecule has 0 rings (SSSR count). The summed E-state index contributed by atoms with van der Waals surface area (Å²) in [6.45, 7) is 16.7. The van der Waals surface area contributed by atoms with E-state index < -0.39 is 0 Å². The van der Waals surface area contributed by atoms with Crippen LogP contribution in [0.1, 0.15) is 74.1 Å². The van der Waals surface area contributed by atoms with Gasteiger partial charge in [0.25, 0.3) is 0 Å². The minimum Gasteiger partial charge on any atom is -0.0651 e. The monoisotopic (exact) mass is 212 g/mol. The van der Waals surface area contributed by atoms with Crippen molar-refractivity contribution in [2.75, 3.05) is 0 Å². The first-order valence-electron chi connectivity index (χ1n) is 6.85. The molecule has 0 heterocycles. The van der Waals surface area contributed by atoms with Crippen molar-refractivity contribution in [2.24, 2.45) is 23.2 Å². The van der Waals surface area contributed by atoms with Crippen molar-refractivity contribution < 1.29 is 0 Å². The third-order valence-corrected chi connectivity index (χ3v) is 4.42. The highest BCUT2D eigenvalue weighted by Crippen LogP contribution is 2.41. The highest BCUT2D eigenvalue weighted by Gasteiger charge is 2.30. The van der Waals surface area contributed by atoms with Gasteiger partial charge in [-0.15, -0.1) is 0 Å². The van der Waals surface area contributed by atoms with Gasteiger partial charge in [0.05, 0.1) is 0 Å². The third kappa shape index (κ3) is 5.04. The molecule has 0 aromatic carbocycles. The van der Waals surface area contributed by atoms with Crippen LogP contribution >= 0.6 is 0 Å². The fourth-order valence-corrected chi connectivity index (χ4v) is 2.44. The molecule has 2 unspecified atom stereocenters. The van der Waals surface area contributed by atoms with E-state index >= 15 is 0 Å². The Morgan fingerprint density at radius 1 is 0.800 bits per heavy atom. The van der Waals surface area contributed by atoms with E-state index in [2.05, 4.69) is 48.5 Å². The second-order valence-corrected chi connectivity index (χ2v) is 6.24. The smallest absolute Gasteiger partial charge is 0.0298 e. The van der Waals surface area contributed by atoms with Gasteiger partial charge in [0.15, 0.2) is 0 Å². The van der Waals surface area contributed by atoms with Crippen LogP contribution in [0, 0.1) is 23.2 Å². The molecule has 0 fully saturated rings. The van der Waals surface area contributed by atoms with Crippen molar-refractivity contribution in [2.45, 2.75) is 74.1 Å². The highest BCUT2D eigenvalue weighted by atomic mass is 14.4. The lowest BCUT2D eigenvalue weighted by Gasteiger charge is -2.38. The summed E-state index contributed by atoms with van der Waals surface area (Å²) in [5, 5.41) is 0. The van der Waals surface area contributed by atoms with Gasteiger partial charge < -0.3 is 0 Å². The van der Waals surface area contributed by atoms with Crippen LogP contribution in [0.5, 0.6) is 0 Å². The van der Waals surface area contributed by atoms with Crippen LogP contribution in [-0.4, -0.2) is 0 Å². The Morgan fingerprint density at radius 2 is 1.13 bits per heavy atom. The fraction of sp³-hybridized carbons (Fsp3) is 1.00. The maximum Gasteiger partial charge on any atom is -0.0298 e. The normalized spacial score (nSPS) is 20.0. The molecule has 0 aliphatic rings. The molecule has 92 valence electrons. The first-order chi connectivity index (χ1) is 6.85. The molecule has 0 aliphatic heterocycles. The zero-order chi connectivity index (χ0) is 12.1. The van der Waals surface area contributed by atoms with Gasteiger partial charge in [-0.2, -0.15) is 0 Å². The van der Waals surface area contributed by atoms with E-state index in [0.717, 1.165) is 17.8 Å². The van der Waals surface area contributed by atoms with Gasteiger partial charge in [0, 0.05) is 0 Å². The van der Waals surface area contributed by atoms with E-state index in [1.165, 1.54) is 25.7 Å². The van der Waals surface area contributed by atoms with Crippen LogP contribution in [0.15, 0.2) is 0 Å². The molecule has 0 aliphatic carbocycles. The zero-order valence-corrected chi connectivity index (χ0v) is 12.1. The van der Waals surface area contributed by atoms with E-state index in [0.29, 0.717) is 5.41 Å². The van der Waals surface area contributed by atoms with Crippen LogP contribution in [0.25, 0.3) is 0 Å². The highest BCUT2D eigenvalue weighted by molar-refractivity contribution is 4.81. The quantitative estimate of drug-likeness (QED) is 0.521. The SMILES string of the molecule is CCC(C)CC(C)(CC(C)CC)C(C)C. The Bertz CT molecular complexity index is 145. The molecule has 0 saturated heterocycles. The summed E-state index contributed by atoms with van der Waals surface area (Å²) < 4.78 is 0. The lowest BCUT2D eigenvalue weighted by Crippen LogP contribution is -2.28. The summed E-state index contributed by atoms with van der Waals surface area (Å²) in [6, 6.07) is 0. The minimum atomic E-state index is 0.546. The summed E-state index contributed by atoms with van der Waals surface area (Å²) in [7, 11) is 0. The molecular weight excluding hydrogens is 180 g/mol. The number of hydrogen-bond acceptors (Lipinski definition) is 0. The maximum atomic E-state index is 2.50. The van der Waals surface area contributed by atoms with Crippen molar-refractivity contribution >= 4 is 0 Å². The molecule has 0 nitrogen and oxygen atoms in total. The third-order valence-electron chi connectivity index (χ3n) is 4.42. The lowest BCUT2D eigenvalue weighted by molar-refractivity contribution is 0.125. The van der Waals surface area contributed by atoms with Gasteiger partial charge in [0.1, 0.15) is 0 Å². The van der Waals surface area contributed by atoms with Crippen LogP contribution in [-0.2, 0) is 0 Å². The molecule has 0 aromatic heterocycles. The molecule has 2 atom stereocenters. The average molecular weight is 212 g/mol. The fourth-order valence-electron chi connectivity index (χ4n) is 2.44. The van der Waals surface area contributed by atoms with Crippen molar-refractivity contribution in [3.05, 3.63) is 0 Å². The molecule has 0 radical (unpaired) electrons. The summed E-state index contributed by atoms with van der Waals surface area (Å²) in [5.74, 6) is 2.56. The molecule has 0 aromatic rings. The Labute approximate surface area is 97.8 Å². The van der Waals surface area contributed by atoms with Gasteiger partial charge in [0.2, 0.25) is 0 Å². The largest absolute Gasteiger partial charge is 0.0651 e. The predicted octanol–water partition coefficient (Wildman–Crippen LogP) is 5.52. The van der Waals surface area contributed by atoms with Crippen molar-refractivity contribution in [3.63, 3.8) is 0 Å². The number of hydrogen-bond donors (Lipinski definition) is 0. The molecule has 15 heavy (non-hydrogen) atoms. The topological polar surface area (TPSA) is 0 Å². The maximum absolute atomic E-state index is 2.50. The standard InChI is InChI=1S/C15H32/c1-8-13(5)10-15(7,12(3)4)11-14(6)9-2/h12-14H,8-11H2,1-7H3. The second-order valence-electron chi connectivity index (χ2n) is 6.24. The van der Waals surface area contributed by atoms with Crippen LogP contribution in [0.4, 0.5) is 0 Å². The summed E-state index contributed by atoms with van der Waals surface area (Å²) in [5.41, 5.74) is 0.546. The van der Waals surface area contributed by atoms with Gasteiger partial charge >= 0.3 is 0 Å². The van der Waals surface area contributed by atoms with Crippen LogP contribution < -0.4 is 0 Å². The van der Waals surface area contributed by atoms with Gasteiger partial charge in [-0.05, 0) is 36.0 Å². The van der Waals surface area contributed by atoms with Gasteiger partial charge in [-0.25, -0.2) is 0 Å². The Kier molecular flexibility index (Phi) is 6.55. The second kappa shape index (κ2) is 6.55. The van der Waals surface area contributed by atoms with E-state index in [1.54, 1.807) is 0 Å². The van der Waals surface area contributed by atoms with Crippen LogP contribution in [0.2, 0.25) is 0 Å². The average Bonchev–Trinajstić information content (AvgIpc) is 2.16. The van der Waals surface area contributed by atoms with Crippen molar-refractivity contribution in [1.82, 2.24) is 0 Å². The Morgan fingerprint density at radius 3 is 1.33 bits per heavy atom. The van der Waals surface area contributed by atoms with E-state index in [-0.39, 0.29) is 0 Å². The molecule has 0 bridgehead atoms. The molecule has 0 heteroatoms. The van der Waals surface area contributed by atoms with Crippen LogP contribution in [0.3, 0.4) is 0 Å². The Balaban J connectivity index is 4.44. The molecule has 0 amide bonds. The van der Waals surface area contributed by atoms with Crippen molar-refractivity contribution in [1.29, 1.82) is 0 Å². The molecular formula is C15H32. The van der Waals surface area contributed by atoms with Crippen molar-refractivity contribution in [3.8, 4) is 0 Å². The predicted molar refractivity (Wildman–Crippen MR) is 71.1 cm³/mol. The summed E-state index contributed by atoms with van der Waals surface area (Å²) in [6.07, 6.45) is 5.43. The molecule has 0 spiro atoms. The minimum absolute atomic E-state index is 0.546. The Hall–Kier alpha value is 0. The van der Waals surface area contributed by atoms with E-state index in [9.17, 15) is 0 Å². The number of rotatable bonds is 7. The molecule has 0 saturated carbocycles.